The van der Waals surface area contributed by atoms with Gasteiger partial charge < -0.3 is 19.8 Å². The number of nitrogens with zero attached hydrogens (tertiary/aromatic N) is 4. The molecular weight excluding hydrogens is 356 g/mol. The van der Waals surface area contributed by atoms with Gasteiger partial charge in [-0.1, -0.05) is 0 Å². The summed E-state index contributed by atoms with van der Waals surface area (Å²) in [7, 11) is 0. The van der Waals surface area contributed by atoms with E-state index in [-0.39, 0.29) is 28.1 Å². The van der Waals surface area contributed by atoms with E-state index < -0.39 is 22.1 Å². The molecule has 0 aliphatic heterocycles. The average Bonchev–Trinajstić information content (AvgIpc) is 3.04. The fourth-order valence-corrected chi connectivity index (χ4v) is 2.36. The number of aromatic nitrogens is 3. The maximum Gasteiger partial charge on any atom is 0.315 e. The van der Waals surface area contributed by atoms with Gasteiger partial charge in [-0.05, 0) is 23.7 Å². The predicted octanol–water partition coefficient (Wildman–Crippen LogP) is 2.32. The number of aryl methyl sites for hydroxylation is 1. The largest absolute Gasteiger partial charge is 0.617 e. The highest BCUT2D eigenvalue weighted by Crippen LogP contribution is 2.39. The van der Waals surface area contributed by atoms with Gasteiger partial charge >= 0.3 is 5.69 Å². The van der Waals surface area contributed by atoms with E-state index in [1.165, 1.54) is 12.1 Å². The summed E-state index contributed by atoms with van der Waals surface area (Å²) in [5.74, 6) is -1.83. The monoisotopic (exact) mass is 364 g/mol. The Morgan fingerprint density at radius 2 is 1.92 bits per heavy atom. The molecule has 0 unspecified atom stereocenters. The zero-order valence-electron chi connectivity index (χ0n) is 12.5. The molecule has 0 spiro atoms. The highest BCUT2D eigenvalue weighted by atomic mass is 35.5. The van der Waals surface area contributed by atoms with E-state index >= 15 is 0 Å². The van der Waals surface area contributed by atoms with Gasteiger partial charge in [0.1, 0.15) is 5.56 Å². The van der Waals surface area contributed by atoms with Crippen molar-refractivity contribution in [3.8, 4) is 34.4 Å². The number of aromatic hydroxyl groups is 2. The summed E-state index contributed by atoms with van der Waals surface area (Å²) in [5.41, 5.74) is -0.161. The SMILES string of the molecule is Cc1ccc(-c2nnc(-c3cc(O)c(O)c([N+](=O)[O-])c3)o2)c(Cl)[n+]1[O-]. The second-order valence-electron chi connectivity index (χ2n) is 5.01. The van der Waals surface area contributed by atoms with Crippen molar-refractivity contribution in [2.24, 2.45) is 0 Å². The zero-order chi connectivity index (χ0) is 18.3. The van der Waals surface area contributed by atoms with E-state index in [0.717, 1.165) is 12.1 Å². The molecule has 3 aromatic rings. The fraction of sp³-hybridized carbons (Fsp3) is 0.0714. The lowest BCUT2D eigenvalue weighted by Gasteiger charge is -2.04. The van der Waals surface area contributed by atoms with Crippen molar-refractivity contribution in [3.63, 3.8) is 0 Å². The maximum atomic E-state index is 11.8. The third-order valence-electron chi connectivity index (χ3n) is 3.38. The minimum absolute atomic E-state index is 0.0129. The Bertz CT molecular complexity index is 1000. The summed E-state index contributed by atoms with van der Waals surface area (Å²) < 4.78 is 5.87. The molecule has 25 heavy (non-hydrogen) atoms. The molecule has 3 rings (SSSR count). The van der Waals surface area contributed by atoms with Crippen molar-refractivity contribution >= 4 is 17.3 Å². The van der Waals surface area contributed by atoms with Gasteiger partial charge in [-0.25, -0.2) is 0 Å². The van der Waals surface area contributed by atoms with Crippen molar-refractivity contribution in [1.82, 2.24) is 10.2 Å². The normalized spacial score (nSPS) is 10.8. The van der Waals surface area contributed by atoms with Gasteiger partial charge in [0.2, 0.25) is 11.6 Å². The summed E-state index contributed by atoms with van der Waals surface area (Å²) in [6, 6.07) is 5.02. The van der Waals surface area contributed by atoms with Crippen molar-refractivity contribution in [2.75, 3.05) is 0 Å². The molecule has 11 heteroatoms. The van der Waals surface area contributed by atoms with Crippen LogP contribution < -0.4 is 4.73 Å². The van der Waals surface area contributed by atoms with Crippen LogP contribution in [0.2, 0.25) is 5.15 Å². The quantitative estimate of drug-likeness (QED) is 0.179. The molecule has 0 fully saturated rings. The second-order valence-corrected chi connectivity index (χ2v) is 5.36. The third kappa shape index (κ3) is 2.78. The van der Waals surface area contributed by atoms with Crippen LogP contribution in [0.1, 0.15) is 5.69 Å². The van der Waals surface area contributed by atoms with E-state index in [1.807, 2.05) is 0 Å². The molecule has 10 nitrogen and oxygen atoms in total. The van der Waals surface area contributed by atoms with Crippen LogP contribution in [0.4, 0.5) is 5.69 Å². The van der Waals surface area contributed by atoms with Crippen molar-refractivity contribution < 1.29 is 24.3 Å². The Labute approximate surface area is 144 Å². The van der Waals surface area contributed by atoms with E-state index in [1.54, 1.807) is 6.92 Å². The molecule has 0 radical (unpaired) electrons. The van der Waals surface area contributed by atoms with Crippen LogP contribution in [0, 0.1) is 22.2 Å². The Balaban J connectivity index is 2.09. The first kappa shape index (κ1) is 16.5. The lowest BCUT2D eigenvalue weighted by molar-refractivity contribution is -0.609. The van der Waals surface area contributed by atoms with E-state index in [9.17, 15) is 25.5 Å². The molecule has 0 aliphatic carbocycles. The maximum absolute atomic E-state index is 11.8. The third-order valence-corrected chi connectivity index (χ3v) is 3.74. The van der Waals surface area contributed by atoms with E-state index in [4.69, 9.17) is 16.0 Å². The van der Waals surface area contributed by atoms with E-state index in [0.29, 0.717) is 10.4 Å². The molecule has 0 bridgehead atoms. The molecule has 1 aromatic carbocycles. The van der Waals surface area contributed by atoms with Gasteiger partial charge in [0.25, 0.3) is 11.0 Å². The zero-order valence-corrected chi connectivity index (χ0v) is 13.3. The number of nitro benzene ring substituents is 1. The first-order valence-corrected chi connectivity index (χ1v) is 7.10. The number of benzene rings is 1. The van der Waals surface area contributed by atoms with E-state index in [2.05, 4.69) is 10.2 Å². The number of phenolic OH excluding ortho intramolecular Hbond substituents is 2. The first-order chi connectivity index (χ1) is 11.8. The van der Waals surface area contributed by atoms with Gasteiger partial charge in [0.15, 0.2) is 11.4 Å². The van der Waals surface area contributed by atoms with Crippen LogP contribution in [0.3, 0.4) is 0 Å². The number of hydrogen-bond donors (Lipinski definition) is 2. The minimum atomic E-state index is -0.873. The molecule has 0 saturated carbocycles. The molecule has 0 amide bonds. The van der Waals surface area contributed by atoms with Crippen molar-refractivity contribution in [3.05, 3.63) is 50.4 Å². The molecule has 2 heterocycles. The Morgan fingerprint density at radius 3 is 2.60 bits per heavy atom. The topological polar surface area (TPSA) is 149 Å². The lowest BCUT2D eigenvalue weighted by atomic mass is 10.1. The second kappa shape index (κ2) is 5.91. The van der Waals surface area contributed by atoms with Gasteiger partial charge in [0, 0.05) is 24.6 Å². The molecule has 0 saturated heterocycles. The Kier molecular flexibility index (Phi) is 3.89. The molecule has 0 aliphatic rings. The molecule has 128 valence electrons. The molecule has 2 aromatic heterocycles. The lowest BCUT2D eigenvalue weighted by Crippen LogP contribution is -2.31. The number of pyridine rings is 1. The number of phenols is 2. The van der Waals surface area contributed by atoms with Crippen LogP contribution >= 0.6 is 11.6 Å². The number of hydrogen-bond acceptors (Lipinski definition) is 8. The van der Waals surface area contributed by atoms with Crippen LogP contribution in [0.15, 0.2) is 28.7 Å². The highest BCUT2D eigenvalue weighted by Gasteiger charge is 2.24. The minimum Gasteiger partial charge on any atom is -0.617 e. The van der Waals surface area contributed by atoms with Crippen molar-refractivity contribution in [1.29, 1.82) is 0 Å². The van der Waals surface area contributed by atoms with Crippen LogP contribution in [0.5, 0.6) is 11.5 Å². The number of halogens is 1. The Hall–Kier alpha value is -3.40. The van der Waals surface area contributed by atoms with Gasteiger partial charge in [0.05, 0.1) is 4.92 Å². The van der Waals surface area contributed by atoms with Crippen LogP contribution in [-0.2, 0) is 0 Å². The molecule has 0 atom stereocenters. The van der Waals surface area contributed by atoms with Crippen molar-refractivity contribution in [2.45, 2.75) is 6.92 Å². The fourth-order valence-electron chi connectivity index (χ4n) is 2.08. The summed E-state index contributed by atoms with van der Waals surface area (Å²) in [6.07, 6.45) is 0. The smallest absolute Gasteiger partial charge is 0.315 e. The summed E-state index contributed by atoms with van der Waals surface area (Å²) in [5, 5.41) is 49.1. The van der Waals surface area contributed by atoms with Crippen LogP contribution in [-0.4, -0.2) is 25.3 Å². The average molecular weight is 365 g/mol. The highest BCUT2D eigenvalue weighted by molar-refractivity contribution is 6.30. The predicted molar refractivity (Wildman–Crippen MR) is 83.9 cm³/mol. The number of nitro groups is 1. The van der Waals surface area contributed by atoms with Gasteiger partial charge in [-0.15, -0.1) is 10.2 Å². The summed E-state index contributed by atoms with van der Waals surface area (Å²) in [4.78, 5) is 10.0. The van der Waals surface area contributed by atoms with Crippen LogP contribution in [0.25, 0.3) is 22.9 Å². The Morgan fingerprint density at radius 1 is 1.24 bits per heavy atom. The molecular formula is C14H9ClN4O6. The standard InChI is InChI=1S/C14H9ClN4O6/c1-6-2-3-8(12(15)18(6)22)14-17-16-13(25-14)7-4-9(19(23)24)11(21)10(20)5-7/h2-5,20-21H,1H3. The first-order valence-electron chi connectivity index (χ1n) is 6.73. The number of rotatable bonds is 3. The van der Waals surface area contributed by atoms with Gasteiger partial charge in [-0.2, -0.15) is 4.73 Å². The summed E-state index contributed by atoms with van der Waals surface area (Å²) in [6.45, 7) is 1.57. The van der Waals surface area contributed by atoms with Gasteiger partial charge in [-0.3, -0.25) is 10.1 Å². The molecule has 2 N–H and O–H groups in total. The summed E-state index contributed by atoms with van der Waals surface area (Å²) >= 11 is 5.96.